The number of rotatable bonds is 8. The van der Waals surface area contributed by atoms with E-state index in [1.54, 1.807) is 0 Å². The molecule has 3 aliphatic heterocycles. The fraction of sp³-hybridized carbons (Fsp3) is 0.950. The molecule has 3 rings (SSSR count). The van der Waals surface area contributed by atoms with E-state index in [0.29, 0.717) is 0 Å². The van der Waals surface area contributed by atoms with Crippen LogP contribution in [0, 0.1) is 0 Å². The number of carbonyl (C=O) groups excluding carboxylic acids is 1. The maximum Gasteiger partial charge on any atom is 0.217 e. The number of ether oxygens (including phenoxy) is 5. The Labute approximate surface area is 210 Å². The van der Waals surface area contributed by atoms with Crippen LogP contribution < -0.4 is 5.32 Å². The Morgan fingerprint density at radius 3 is 1.70 bits per heavy atom. The Hall–Kier alpha value is -1.13. The minimum Gasteiger partial charge on any atom is -0.394 e. The Bertz CT molecular complexity index is 745. The minimum atomic E-state index is -1.88. The smallest absolute Gasteiger partial charge is 0.217 e. The molecule has 11 N–H and O–H groups in total. The summed E-state index contributed by atoms with van der Waals surface area (Å²) in [5.74, 6) is -0.694. The van der Waals surface area contributed by atoms with Gasteiger partial charge in [0.15, 0.2) is 18.9 Å². The molecule has 0 bridgehead atoms. The largest absolute Gasteiger partial charge is 0.394 e. The lowest BCUT2D eigenvalue weighted by molar-refractivity contribution is -0.363. The van der Waals surface area contributed by atoms with E-state index in [0.717, 1.165) is 6.92 Å². The highest BCUT2D eigenvalue weighted by Gasteiger charge is 2.54. The van der Waals surface area contributed by atoms with Gasteiger partial charge in [-0.25, -0.2) is 0 Å². The number of hydrogen-bond acceptors (Lipinski definition) is 16. The fourth-order valence-corrected chi connectivity index (χ4v) is 4.45. The van der Waals surface area contributed by atoms with Crippen LogP contribution in [0.1, 0.15) is 6.92 Å². The summed E-state index contributed by atoms with van der Waals surface area (Å²) < 4.78 is 27.1. The van der Waals surface area contributed by atoms with Crippen molar-refractivity contribution in [3.05, 3.63) is 0 Å². The van der Waals surface area contributed by atoms with Gasteiger partial charge in [-0.3, -0.25) is 4.79 Å². The van der Waals surface area contributed by atoms with E-state index in [-0.39, 0.29) is 0 Å². The van der Waals surface area contributed by atoms with Gasteiger partial charge >= 0.3 is 0 Å². The van der Waals surface area contributed by atoms with E-state index >= 15 is 0 Å². The Morgan fingerprint density at radius 2 is 1.14 bits per heavy atom. The van der Waals surface area contributed by atoms with Gasteiger partial charge in [-0.05, 0) is 0 Å². The molecule has 37 heavy (non-hydrogen) atoms. The quantitative estimate of drug-likeness (QED) is 0.135. The van der Waals surface area contributed by atoms with E-state index in [4.69, 9.17) is 23.7 Å². The Morgan fingerprint density at radius 1 is 0.649 bits per heavy atom. The van der Waals surface area contributed by atoms with Gasteiger partial charge in [0.2, 0.25) is 5.91 Å². The van der Waals surface area contributed by atoms with Gasteiger partial charge in [0.25, 0.3) is 0 Å². The van der Waals surface area contributed by atoms with Gasteiger partial charge in [0.1, 0.15) is 73.2 Å². The van der Waals surface area contributed by atoms with Crippen LogP contribution in [0.4, 0.5) is 0 Å². The summed E-state index contributed by atoms with van der Waals surface area (Å²) in [6, 6.07) is -1.48. The van der Waals surface area contributed by atoms with Crippen LogP contribution in [0.5, 0.6) is 0 Å². The summed E-state index contributed by atoms with van der Waals surface area (Å²) in [7, 11) is 0. The number of nitrogens with one attached hydrogen (secondary N) is 1. The second kappa shape index (κ2) is 12.8. The van der Waals surface area contributed by atoms with E-state index in [9.17, 15) is 55.9 Å². The van der Waals surface area contributed by atoms with Crippen LogP contribution >= 0.6 is 0 Å². The van der Waals surface area contributed by atoms with Crippen molar-refractivity contribution in [1.82, 2.24) is 5.32 Å². The van der Waals surface area contributed by atoms with Gasteiger partial charge < -0.3 is 80.1 Å². The Kier molecular flexibility index (Phi) is 10.5. The molecule has 0 saturated carbocycles. The number of aliphatic hydroxyl groups excluding tert-OH is 10. The molecule has 3 fully saturated rings. The summed E-state index contributed by atoms with van der Waals surface area (Å²) in [5, 5.41) is 103. The van der Waals surface area contributed by atoms with Crippen molar-refractivity contribution in [2.75, 3.05) is 19.8 Å². The molecule has 3 heterocycles. The molecule has 0 aromatic rings. The Balaban J connectivity index is 1.90. The first-order chi connectivity index (χ1) is 17.4. The highest BCUT2D eigenvalue weighted by molar-refractivity contribution is 5.73. The number of hydrogen-bond donors (Lipinski definition) is 11. The average Bonchev–Trinajstić information content (AvgIpc) is 2.86. The van der Waals surface area contributed by atoms with E-state index in [1.165, 1.54) is 0 Å². The van der Waals surface area contributed by atoms with Crippen LogP contribution in [0.2, 0.25) is 0 Å². The number of carbonyl (C=O) groups is 1. The molecule has 216 valence electrons. The molecule has 0 aromatic heterocycles. The van der Waals surface area contributed by atoms with Crippen molar-refractivity contribution in [3.8, 4) is 0 Å². The van der Waals surface area contributed by atoms with E-state index < -0.39 is 118 Å². The molecule has 3 saturated heterocycles. The summed E-state index contributed by atoms with van der Waals surface area (Å²) >= 11 is 0. The predicted molar refractivity (Wildman–Crippen MR) is 113 cm³/mol. The van der Waals surface area contributed by atoms with Crippen LogP contribution in [-0.2, 0) is 28.5 Å². The van der Waals surface area contributed by atoms with Crippen molar-refractivity contribution in [2.45, 2.75) is 99.0 Å². The zero-order chi connectivity index (χ0) is 27.6. The topological polar surface area (TPSA) is 278 Å². The van der Waals surface area contributed by atoms with Crippen molar-refractivity contribution < 1.29 is 79.5 Å². The van der Waals surface area contributed by atoms with Gasteiger partial charge in [-0.2, -0.15) is 0 Å². The first kappa shape index (κ1) is 30.4. The van der Waals surface area contributed by atoms with Gasteiger partial charge in [0, 0.05) is 6.92 Å². The third kappa shape index (κ3) is 6.38. The van der Waals surface area contributed by atoms with Crippen molar-refractivity contribution in [1.29, 1.82) is 0 Å². The van der Waals surface area contributed by atoms with Crippen LogP contribution in [0.3, 0.4) is 0 Å². The minimum absolute atomic E-state index is 0.694. The monoisotopic (exact) mass is 545 g/mol. The summed E-state index contributed by atoms with van der Waals surface area (Å²) in [4.78, 5) is 12.0. The maximum atomic E-state index is 12.0. The molecule has 17 heteroatoms. The normalized spacial score (nSPS) is 49.0. The van der Waals surface area contributed by atoms with Gasteiger partial charge in [-0.1, -0.05) is 0 Å². The lowest BCUT2D eigenvalue weighted by atomic mass is 9.94. The molecule has 0 spiro atoms. The van der Waals surface area contributed by atoms with Crippen molar-refractivity contribution in [2.24, 2.45) is 0 Å². The first-order valence-electron chi connectivity index (χ1n) is 11.6. The van der Waals surface area contributed by atoms with E-state index in [2.05, 4.69) is 5.32 Å². The molecule has 0 unspecified atom stereocenters. The SMILES string of the molecule is CC(=O)N[C@H]1[C@H](O[C@@H]2[C@@H](O)[C@H](O)O[C@H](CO)[C@H]2O)O[C@H](CO)[C@@H](O)[C@@H]1O[C@@H]1O[C@H](CO)[C@@H](O)[C@H](O)[C@H]1O. The molecule has 17 nitrogen and oxygen atoms in total. The van der Waals surface area contributed by atoms with Gasteiger partial charge in [0.05, 0.1) is 19.8 Å². The number of aliphatic hydroxyl groups is 10. The fourth-order valence-electron chi connectivity index (χ4n) is 4.45. The average molecular weight is 545 g/mol. The number of amides is 1. The molecule has 3 aliphatic rings. The zero-order valence-corrected chi connectivity index (χ0v) is 19.7. The highest BCUT2D eigenvalue weighted by atomic mass is 16.7. The second-order valence-electron chi connectivity index (χ2n) is 9.07. The predicted octanol–water partition coefficient (Wildman–Crippen LogP) is -7.43. The van der Waals surface area contributed by atoms with Crippen LogP contribution in [0.15, 0.2) is 0 Å². The molecular weight excluding hydrogens is 510 g/mol. The summed E-state index contributed by atoms with van der Waals surface area (Å²) in [5.41, 5.74) is 0. The second-order valence-corrected chi connectivity index (χ2v) is 9.07. The first-order valence-corrected chi connectivity index (χ1v) is 11.6. The zero-order valence-electron chi connectivity index (χ0n) is 19.7. The highest BCUT2D eigenvalue weighted by Crippen LogP contribution is 2.32. The molecular formula is C20H35NO16. The molecule has 1 amide bonds. The lowest BCUT2D eigenvalue weighted by Gasteiger charge is -2.49. The van der Waals surface area contributed by atoms with Crippen LogP contribution in [0.25, 0.3) is 0 Å². The standard InChI is InChI=1S/C20H35NO16/c1-5(25)21-9-16(36-20-14(30)13(29)10(26)6(2-22)35-20)11(27)8(4-24)34-19(9)37-17-12(28)7(3-23)33-18(32)15(17)31/h6-20,22-24,26-32H,2-4H2,1H3,(H,21,25)/t6-,7-,8-,9-,10-,11-,12-,13+,14-,15-,16-,17+,18-,19+,20+/m1/s1. The third-order valence-corrected chi connectivity index (χ3v) is 6.49. The van der Waals surface area contributed by atoms with Crippen LogP contribution in [-0.4, -0.2) is 169 Å². The molecule has 15 atom stereocenters. The van der Waals surface area contributed by atoms with Crippen molar-refractivity contribution >= 4 is 5.91 Å². The summed E-state index contributed by atoms with van der Waals surface area (Å²) in [6.07, 6.45) is -23.4. The maximum absolute atomic E-state index is 12.0. The molecule has 0 radical (unpaired) electrons. The van der Waals surface area contributed by atoms with E-state index in [1.807, 2.05) is 0 Å². The lowest BCUT2D eigenvalue weighted by Crippen LogP contribution is -2.69. The third-order valence-electron chi connectivity index (χ3n) is 6.49. The summed E-state index contributed by atoms with van der Waals surface area (Å²) in [6.45, 7) is -1.25. The van der Waals surface area contributed by atoms with Crippen molar-refractivity contribution in [3.63, 3.8) is 0 Å². The van der Waals surface area contributed by atoms with Gasteiger partial charge in [-0.15, -0.1) is 0 Å². The molecule has 0 aliphatic carbocycles. The molecule has 0 aromatic carbocycles.